The van der Waals surface area contributed by atoms with Gasteiger partial charge in [0.15, 0.2) is 0 Å². The number of aromatic nitrogens is 1. The van der Waals surface area contributed by atoms with E-state index in [1.807, 2.05) is 0 Å². The summed E-state index contributed by atoms with van der Waals surface area (Å²) in [5.41, 5.74) is 4.30. The van der Waals surface area contributed by atoms with Gasteiger partial charge >= 0.3 is 11.8 Å². The minimum Gasteiger partial charge on any atom is -0.443 e. The normalized spacial score (nSPS) is 10.9. The largest absolute Gasteiger partial charge is 0.443 e. The van der Waals surface area contributed by atoms with E-state index in [9.17, 15) is 14.9 Å². The second-order valence-electron chi connectivity index (χ2n) is 4.53. The Hall–Kier alpha value is -2.38. The molecule has 0 atom stereocenters. The van der Waals surface area contributed by atoms with Gasteiger partial charge in [0.2, 0.25) is 5.82 Å². The van der Waals surface area contributed by atoms with E-state index in [1.54, 1.807) is 20.9 Å². The number of ether oxygens (including phenoxy) is 1. The first-order valence-electron chi connectivity index (χ1n) is 5.55. The van der Waals surface area contributed by atoms with E-state index in [0.717, 1.165) is 0 Å². The van der Waals surface area contributed by atoms with Crippen LogP contribution < -0.4 is 11.1 Å². The van der Waals surface area contributed by atoms with Gasteiger partial charge in [-0.2, -0.15) is 0 Å². The molecule has 0 saturated carbocycles. The Balaban J connectivity index is 3.14. The molecule has 0 spiro atoms. The third-order valence-corrected chi connectivity index (χ3v) is 2.42. The van der Waals surface area contributed by atoms with Crippen LogP contribution >= 0.6 is 0 Å². The third-order valence-electron chi connectivity index (χ3n) is 2.42. The van der Waals surface area contributed by atoms with Crippen LogP contribution in [0, 0.1) is 10.1 Å². The Kier molecular flexibility index (Phi) is 4.26. The summed E-state index contributed by atoms with van der Waals surface area (Å²) in [5.74, 6) is 0.164. The van der Waals surface area contributed by atoms with Crippen LogP contribution in [0.4, 0.5) is 16.3 Å². The maximum absolute atomic E-state index is 11.1. The zero-order valence-corrected chi connectivity index (χ0v) is 11.0. The molecular weight excluding hydrogens is 252 g/mol. The fourth-order valence-corrected chi connectivity index (χ4v) is 1.79. The van der Waals surface area contributed by atoms with E-state index in [1.165, 1.54) is 12.3 Å². The molecule has 0 aliphatic heterocycles. The molecule has 1 amide bonds. The van der Waals surface area contributed by atoms with Crippen molar-refractivity contribution in [3.63, 3.8) is 0 Å². The number of pyridine rings is 1. The van der Waals surface area contributed by atoms with Crippen LogP contribution in [0.3, 0.4) is 0 Å². The highest BCUT2D eigenvalue weighted by molar-refractivity contribution is 5.65. The van der Waals surface area contributed by atoms with Gasteiger partial charge in [-0.25, -0.2) is 9.78 Å². The Bertz CT molecular complexity index is 501. The molecule has 0 unspecified atom stereocenters. The zero-order chi connectivity index (χ0) is 14.6. The first-order valence-corrected chi connectivity index (χ1v) is 5.55. The van der Waals surface area contributed by atoms with Gasteiger partial charge in [-0.3, -0.25) is 10.1 Å². The molecule has 1 heterocycles. The van der Waals surface area contributed by atoms with Gasteiger partial charge in [0.1, 0.15) is 5.60 Å². The van der Waals surface area contributed by atoms with Crippen molar-refractivity contribution in [1.82, 2.24) is 4.98 Å². The van der Waals surface area contributed by atoms with E-state index >= 15 is 0 Å². The number of rotatable bonds is 5. The fourth-order valence-electron chi connectivity index (χ4n) is 1.79. The number of primary amides is 1. The van der Waals surface area contributed by atoms with Crippen LogP contribution in [0.15, 0.2) is 12.3 Å². The standard InChI is InChI=1S/C11H16N4O4/c1-11(2,19-10(12)16)6-7-4-5-14-9(13-3)8(7)15(17)18/h4-5H,6H2,1-3H3,(H2,12,16)(H,13,14). The Morgan fingerprint density at radius 1 is 1.63 bits per heavy atom. The quantitative estimate of drug-likeness (QED) is 0.615. The molecule has 0 aromatic carbocycles. The Morgan fingerprint density at radius 3 is 2.74 bits per heavy atom. The number of nitrogens with one attached hydrogen (secondary N) is 1. The van der Waals surface area contributed by atoms with Crippen molar-refractivity contribution in [2.75, 3.05) is 12.4 Å². The predicted octanol–water partition coefficient (Wildman–Crippen LogP) is 1.45. The summed E-state index contributed by atoms with van der Waals surface area (Å²) >= 11 is 0. The molecule has 19 heavy (non-hydrogen) atoms. The van der Waals surface area contributed by atoms with Gasteiger partial charge in [0.25, 0.3) is 0 Å². The number of hydrogen-bond acceptors (Lipinski definition) is 6. The molecule has 3 N–H and O–H groups in total. The molecule has 0 aliphatic rings. The van der Waals surface area contributed by atoms with Crippen LogP contribution in [-0.4, -0.2) is 28.6 Å². The lowest BCUT2D eigenvalue weighted by atomic mass is 9.98. The molecule has 0 aliphatic carbocycles. The average Bonchev–Trinajstić information content (AvgIpc) is 2.25. The van der Waals surface area contributed by atoms with E-state index in [0.29, 0.717) is 5.56 Å². The summed E-state index contributed by atoms with van der Waals surface area (Å²) in [6.45, 7) is 3.25. The SMILES string of the molecule is CNc1nccc(CC(C)(C)OC(N)=O)c1[N+](=O)[O-]. The molecule has 1 rings (SSSR count). The number of nitrogens with two attached hydrogens (primary N) is 1. The van der Waals surface area contributed by atoms with E-state index < -0.39 is 16.6 Å². The van der Waals surface area contributed by atoms with E-state index in [2.05, 4.69) is 10.3 Å². The molecule has 0 bridgehead atoms. The van der Waals surface area contributed by atoms with E-state index in [4.69, 9.17) is 10.5 Å². The molecule has 0 radical (unpaired) electrons. The number of carbonyl (C=O) groups excluding carboxylic acids is 1. The maximum atomic E-state index is 11.1. The number of carbonyl (C=O) groups is 1. The molecule has 8 heteroatoms. The molecule has 0 saturated heterocycles. The van der Waals surface area contributed by atoms with Crippen molar-refractivity contribution in [2.24, 2.45) is 5.73 Å². The molecule has 104 valence electrons. The van der Waals surface area contributed by atoms with Gasteiger partial charge < -0.3 is 15.8 Å². The number of anilines is 1. The van der Waals surface area contributed by atoms with Gasteiger partial charge in [0.05, 0.1) is 4.92 Å². The van der Waals surface area contributed by atoms with Crippen LogP contribution in [0.1, 0.15) is 19.4 Å². The summed E-state index contributed by atoms with van der Waals surface area (Å²) in [7, 11) is 1.55. The second kappa shape index (κ2) is 5.51. The smallest absolute Gasteiger partial charge is 0.405 e. The lowest BCUT2D eigenvalue weighted by Crippen LogP contribution is -2.33. The maximum Gasteiger partial charge on any atom is 0.405 e. The fraction of sp³-hybridized carbons (Fsp3) is 0.455. The number of amides is 1. The summed E-state index contributed by atoms with van der Waals surface area (Å²) in [6.07, 6.45) is 0.688. The van der Waals surface area contributed by atoms with Crippen LogP contribution in [0.2, 0.25) is 0 Å². The molecule has 1 aromatic rings. The van der Waals surface area contributed by atoms with Crippen molar-refractivity contribution in [3.8, 4) is 0 Å². The first kappa shape index (κ1) is 14.7. The lowest BCUT2D eigenvalue weighted by molar-refractivity contribution is -0.385. The summed E-state index contributed by atoms with van der Waals surface area (Å²) < 4.78 is 4.93. The number of nitro groups is 1. The molecule has 0 fully saturated rings. The van der Waals surface area contributed by atoms with Gasteiger partial charge in [-0.05, 0) is 19.9 Å². The van der Waals surface area contributed by atoms with Crippen LogP contribution in [0.25, 0.3) is 0 Å². The minimum atomic E-state index is -0.942. The Labute approximate surface area is 110 Å². The third kappa shape index (κ3) is 3.80. The van der Waals surface area contributed by atoms with Gasteiger partial charge in [-0.15, -0.1) is 0 Å². The van der Waals surface area contributed by atoms with Crippen molar-refractivity contribution >= 4 is 17.6 Å². The Morgan fingerprint density at radius 2 is 2.26 bits per heavy atom. The number of nitrogens with zero attached hydrogens (tertiary/aromatic N) is 2. The van der Waals surface area contributed by atoms with Crippen LogP contribution in [-0.2, 0) is 11.2 Å². The monoisotopic (exact) mass is 268 g/mol. The van der Waals surface area contributed by atoms with Crippen molar-refractivity contribution < 1.29 is 14.5 Å². The molecule has 8 nitrogen and oxygen atoms in total. The highest BCUT2D eigenvalue weighted by Crippen LogP contribution is 2.29. The minimum absolute atomic E-state index is 0.133. The summed E-state index contributed by atoms with van der Waals surface area (Å²) in [6, 6.07) is 1.52. The highest BCUT2D eigenvalue weighted by atomic mass is 16.6. The van der Waals surface area contributed by atoms with Crippen molar-refractivity contribution in [3.05, 3.63) is 27.9 Å². The van der Waals surface area contributed by atoms with Gasteiger partial charge in [0, 0.05) is 25.2 Å². The summed E-state index contributed by atoms with van der Waals surface area (Å²) in [4.78, 5) is 25.3. The predicted molar refractivity (Wildman–Crippen MR) is 68.9 cm³/mol. The van der Waals surface area contributed by atoms with E-state index in [-0.39, 0.29) is 17.9 Å². The average molecular weight is 268 g/mol. The van der Waals surface area contributed by atoms with Crippen molar-refractivity contribution in [1.29, 1.82) is 0 Å². The second-order valence-corrected chi connectivity index (χ2v) is 4.53. The molecule has 1 aromatic heterocycles. The molecular formula is C11H16N4O4. The highest BCUT2D eigenvalue weighted by Gasteiger charge is 2.28. The topological polar surface area (TPSA) is 120 Å². The van der Waals surface area contributed by atoms with Crippen molar-refractivity contribution in [2.45, 2.75) is 25.9 Å². The van der Waals surface area contributed by atoms with Crippen LogP contribution in [0.5, 0.6) is 0 Å². The lowest BCUT2D eigenvalue weighted by Gasteiger charge is -2.23. The zero-order valence-electron chi connectivity index (χ0n) is 11.0. The summed E-state index contributed by atoms with van der Waals surface area (Å²) in [5, 5.41) is 13.8. The van der Waals surface area contributed by atoms with Gasteiger partial charge in [-0.1, -0.05) is 0 Å². The first-order chi connectivity index (χ1) is 8.76. The number of hydrogen-bond donors (Lipinski definition) is 2.